The molecule has 3 aromatic rings. The maximum absolute atomic E-state index is 4.18. The van der Waals surface area contributed by atoms with Gasteiger partial charge in [0.15, 0.2) is 0 Å². The van der Waals surface area contributed by atoms with Gasteiger partial charge in [0, 0.05) is 10.0 Å². The highest BCUT2D eigenvalue weighted by atomic mass is 79.9. The summed E-state index contributed by atoms with van der Waals surface area (Å²) in [6, 6.07) is 26.0. The van der Waals surface area contributed by atoms with E-state index in [0.717, 1.165) is 4.47 Å². The van der Waals surface area contributed by atoms with Gasteiger partial charge in [-0.2, -0.15) is 0 Å². The molecule has 0 N–H and O–H groups in total. The highest BCUT2D eigenvalue weighted by Crippen LogP contribution is 2.57. The van der Waals surface area contributed by atoms with E-state index < -0.39 is 0 Å². The van der Waals surface area contributed by atoms with Crippen LogP contribution < -0.4 is 0 Å². The third-order valence-corrected chi connectivity index (χ3v) is 6.01. The number of hydrogen-bond acceptors (Lipinski definition) is 0. The maximum Gasteiger partial charge on any atom is 0.0713 e. The highest BCUT2D eigenvalue weighted by Gasteiger charge is 2.46. The van der Waals surface area contributed by atoms with E-state index in [4.69, 9.17) is 0 Å². The Balaban J connectivity index is 2.21. The van der Waals surface area contributed by atoms with Crippen molar-refractivity contribution >= 4 is 15.9 Å². The van der Waals surface area contributed by atoms with E-state index in [1.165, 1.54) is 33.4 Å². The average Bonchev–Trinajstić information content (AvgIpc) is 3.02. The molecule has 0 nitrogen and oxygen atoms in total. The number of hydrogen-bond donors (Lipinski definition) is 0. The largest absolute Gasteiger partial charge is 0.0987 e. The van der Waals surface area contributed by atoms with Crippen molar-refractivity contribution in [3.05, 3.63) is 130 Å². The Bertz CT molecular complexity index is 1060. The molecule has 0 saturated carbocycles. The van der Waals surface area contributed by atoms with Gasteiger partial charge < -0.3 is 0 Å². The molecule has 0 aliphatic heterocycles. The van der Waals surface area contributed by atoms with E-state index in [2.05, 4.69) is 114 Å². The van der Waals surface area contributed by atoms with Crippen LogP contribution in [-0.4, -0.2) is 0 Å². The van der Waals surface area contributed by atoms with Gasteiger partial charge in [-0.05, 0) is 40.8 Å². The van der Waals surface area contributed by atoms with Crippen LogP contribution in [0, 0.1) is 0 Å². The first-order chi connectivity index (χ1) is 13.2. The summed E-state index contributed by atoms with van der Waals surface area (Å²) in [5.74, 6) is 0. The zero-order chi connectivity index (χ0) is 18.9. The first-order valence-corrected chi connectivity index (χ1v) is 9.94. The molecule has 0 bridgehead atoms. The van der Waals surface area contributed by atoms with E-state index >= 15 is 0 Å². The molecular formula is C26H21Br. The monoisotopic (exact) mass is 412 g/mol. The SMILES string of the molecule is C=C/C(=C\C=C/C)C1(c2ccccc2)c2ccccc2-c2c(Br)cccc21. The average molecular weight is 413 g/mol. The first kappa shape index (κ1) is 17.8. The Morgan fingerprint density at radius 3 is 2.33 bits per heavy atom. The molecule has 0 aromatic heterocycles. The topological polar surface area (TPSA) is 0 Å². The highest BCUT2D eigenvalue weighted by molar-refractivity contribution is 9.10. The van der Waals surface area contributed by atoms with Crippen LogP contribution in [0.5, 0.6) is 0 Å². The molecule has 1 aliphatic carbocycles. The fourth-order valence-corrected chi connectivity index (χ4v) is 4.89. The normalized spacial score (nSPS) is 18.4. The van der Waals surface area contributed by atoms with Crippen LogP contribution in [-0.2, 0) is 5.41 Å². The lowest BCUT2D eigenvalue weighted by molar-refractivity contribution is 0.767. The molecule has 27 heavy (non-hydrogen) atoms. The van der Waals surface area contributed by atoms with Crippen LogP contribution in [0.3, 0.4) is 0 Å². The number of halogens is 1. The van der Waals surface area contributed by atoms with Crippen molar-refractivity contribution in [2.24, 2.45) is 0 Å². The summed E-state index contributed by atoms with van der Waals surface area (Å²) in [6.07, 6.45) is 8.34. The van der Waals surface area contributed by atoms with Crippen LogP contribution in [0.15, 0.2) is 114 Å². The summed E-state index contributed by atoms with van der Waals surface area (Å²) in [5, 5.41) is 0. The molecule has 0 fully saturated rings. The molecule has 1 unspecified atom stereocenters. The Hall–Kier alpha value is -2.64. The molecule has 1 aliphatic rings. The summed E-state index contributed by atoms with van der Waals surface area (Å²) in [7, 11) is 0. The van der Waals surface area contributed by atoms with Crippen molar-refractivity contribution in [2.75, 3.05) is 0 Å². The minimum atomic E-state index is -0.377. The summed E-state index contributed by atoms with van der Waals surface area (Å²) in [4.78, 5) is 0. The second-order valence-corrected chi connectivity index (χ2v) is 7.53. The fourth-order valence-electron chi connectivity index (χ4n) is 4.31. The van der Waals surface area contributed by atoms with Gasteiger partial charge in [0.1, 0.15) is 0 Å². The van der Waals surface area contributed by atoms with Gasteiger partial charge in [0.05, 0.1) is 5.41 Å². The molecule has 3 aromatic carbocycles. The van der Waals surface area contributed by atoms with Crippen molar-refractivity contribution in [2.45, 2.75) is 12.3 Å². The Labute approximate surface area is 169 Å². The van der Waals surface area contributed by atoms with Crippen LogP contribution >= 0.6 is 15.9 Å². The van der Waals surface area contributed by atoms with Gasteiger partial charge in [0.2, 0.25) is 0 Å². The lowest BCUT2D eigenvalue weighted by Gasteiger charge is -2.34. The van der Waals surface area contributed by atoms with E-state index in [9.17, 15) is 0 Å². The van der Waals surface area contributed by atoms with Gasteiger partial charge in [-0.15, -0.1) is 0 Å². The number of rotatable bonds is 4. The Morgan fingerprint density at radius 2 is 1.59 bits per heavy atom. The molecule has 0 amide bonds. The Kier molecular flexibility index (Phi) is 4.72. The van der Waals surface area contributed by atoms with Gasteiger partial charge in [-0.1, -0.05) is 114 Å². The number of fused-ring (bicyclic) bond motifs is 3. The number of benzene rings is 3. The number of allylic oxidation sites excluding steroid dienone is 5. The lowest BCUT2D eigenvalue weighted by Crippen LogP contribution is -2.28. The molecule has 0 spiro atoms. The van der Waals surface area contributed by atoms with Crippen molar-refractivity contribution < 1.29 is 0 Å². The fraction of sp³-hybridized carbons (Fsp3) is 0.0769. The molecular weight excluding hydrogens is 392 g/mol. The summed E-state index contributed by atoms with van der Waals surface area (Å²) in [6.45, 7) is 6.22. The van der Waals surface area contributed by atoms with Gasteiger partial charge >= 0.3 is 0 Å². The van der Waals surface area contributed by atoms with Gasteiger partial charge in [-0.3, -0.25) is 0 Å². The first-order valence-electron chi connectivity index (χ1n) is 9.15. The third-order valence-electron chi connectivity index (χ3n) is 5.35. The molecule has 0 radical (unpaired) electrons. The lowest BCUT2D eigenvalue weighted by atomic mass is 9.67. The molecule has 4 rings (SSSR count). The van der Waals surface area contributed by atoms with Crippen molar-refractivity contribution in [1.82, 2.24) is 0 Å². The molecule has 132 valence electrons. The molecule has 0 saturated heterocycles. The van der Waals surface area contributed by atoms with E-state index in [0.29, 0.717) is 0 Å². The van der Waals surface area contributed by atoms with E-state index in [1.54, 1.807) is 0 Å². The second-order valence-electron chi connectivity index (χ2n) is 6.68. The molecule has 1 atom stereocenters. The van der Waals surface area contributed by atoms with Crippen molar-refractivity contribution in [1.29, 1.82) is 0 Å². The predicted octanol–water partition coefficient (Wildman–Crippen LogP) is 7.45. The van der Waals surface area contributed by atoms with Gasteiger partial charge in [0.25, 0.3) is 0 Å². The standard InChI is InChI=1S/C26H21Br/c1-3-5-12-19(4-2)26(20-13-7-6-8-14-20)22-16-10-9-15-21(22)25-23(26)17-11-18-24(25)27/h3-18H,2H2,1H3/b5-3-,19-12+. The summed E-state index contributed by atoms with van der Waals surface area (Å²) in [5.41, 5.74) is 7.19. The maximum atomic E-state index is 4.18. The summed E-state index contributed by atoms with van der Waals surface area (Å²) >= 11 is 3.81. The Morgan fingerprint density at radius 1 is 0.889 bits per heavy atom. The van der Waals surface area contributed by atoms with Gasteiger partial charge in [-0.25, -0.2) is 0 Å². The second kappa shape index (κ2) is 7.17. The van der Waals surface area contributed by atoms with Crippen LogP contribution in [0.1, 0.15) is 23.6 Å². The smallest absolute Gasteiger partial charge is 0.0713 e. The predicted molar refractivity (Wildman–Crippen MR) is 119 cm³/mol. The van der Waals surface area contributed by atoms with Crippen molar-refractivity contribution in [3.63, 3.8) is 0 Å². The van der Waals surface area contributed by atoms with Crippen LogP contribution in [0.25, 0.3) is 11.1 Å². The van der Waals surface area contributed by atoms with Crippen LogP contribution in [0.4, 0.5) is 0 Å². The quantitative estimate of drug-likeness (QED) is 0.390. The minimum absolute atomic E-state index is 0.377. The van der Waals surface area contributed by atoms with E-state index in [1.807, 2.05) is 13.0 Å². The van der Waals surface area contributed by atoms with Crippen molar-refractivity contribution in [3.8, 4) is 11.1 Å². The third kappa shape index (κ3) is 2.57. The zero-order valence-corrected chi connectivity index (χ0v) is 16.9. The van der Waals surface area contributed by atoms with Crippen LogP contribution in [0.2, 0.25) is 0 Å². The zero-order valence-electron chi connectivity index (χ0n) is 15.3. The molecule has 0 heterocycles. The van der Waals surface area contributed by atoms with E-state index in [-0.39, 0.29) is 5.41 Å². The molecule has 1 heteroatoms. The minimum Gasteiger partial charge on any atom is -0.0987 e. The summed E-state index contributed by atoms with van der Waals surface area (Å²) < 4.78 is 1.12.